The number of hydrogen-bond donors (Lipinski definition) is 2. The van der Waals surface area contributed by atoms with Crippen molar-refractivity contribution < 1.29 is 29.3 Å². The minimum absolute atomic E-state index is 0.496. The van der Waals surface area contributed by atoms with Gasteiger partial charge in [0.1, 0.15) is 0 Å². The molecule has 0 heterocycles. The summed E-state index contributed by atoms with van der Waals surface area (Å²) < 4.78 is 3.88. The topological polar surface area (TPSA) is 101 Å². The SMILES string of the molecule is C=C(O)C(=O)OC(=O)/C=C\C(=O)O. The van der Waals surface area contributed by atoms with E-state index in [1.54, 1.807) is 0 Å². The summed E-state index contributed by atoms with van der Waals surface area (Å²) in [7, 11) is 0. The van der Waals surface area contributed by atoms with Crippen molar-refractivity contribution >= 4 is 17.9 Å². The molecule has 0 bridgehead atoms. The highest BCUT2D eigenvalue weighted by Crippen LogP contribution is 1.90. The van der Waals surface area contributed by atoms with E-state index in [2.05, 4.69) is 11.3 Å². The maximum absolute atomic E-state index is 10.5. The smallest absolute Gasteiger partial charge is 0.380 e. The predicted molar refractivity (Wildman–Crippen MR) is 39.6 cm³/mol. The van der Waals surface area contributed by atoms with Gasteiger partial charge in [0.25, 0.3) is 0 Å². The average molecular weight is 186 g/mol. The molecule has 0 aromatic rings. The van der Waals surface area contributed by atoms with E-state index in [9.17, 15) is 14.4 Å². The number of carbonyl (C=O) groups excluding carboxylic acids is 2. The van der Waals surface area contributed by atoms with Crippen LogP contribution in [-0.4, -0.2) is 28.1 Å². The Morgan fingerprint density at radius 1 is 1.15 bits per heavy atom. The predicted octanol–water partition coefficient (Wildman–Crippen LogP) is -0.231. The average Bonchev–Trinajstić information content (AvgIpc) is 2.00. The van der Waals surface area contributed by atoms with Crippen molar-refractivity contribution in [2.45, 2.75) is 0 Å². The summed E-state index contributed by atoms with van der Waals surface area (Å²) in [6, 6.07) is 0. The minimum atomic E-state index is -1.35. The van der Waals surface area contributed by atoms with E-state index in [0.29, 0.717) is 12.2 Å². The van der Waals surface area contributed by atoms with E-state index in [1.165, 1.54) is 0 Å². The van der Waals surface area contributed by atoms with Crippen molar-refractivity contribution in [3.05, 3.63) is 24.5 Å². The quantitative estimate of drug-likeness (QED) is 0.273. The van der Waals surface area contributed by atoms with Crippen LogP contribution >= 0.6 is 0 Å². The number of esters is 2. The molecule has 0 aliphatic rings. The van der Waals surface area contributed by atoms with Gasteiger partial charge in [0, 0.05) is 12.2 Å². The molecule has 0 atom stereocenters. The van der Waals surface area contributed by atoms with Gasteiger partial charge in [-0.05, 0) is 6.58 Å². The van der Waals surface area contributed by atoms with Crippen LogP contribution in [0, 0.1) is 0 Å². The Morgan fingerprint density at radius 2 is 1.69 bits per heavy atom. The fraction of sp³-hybridized carbons (Fsp3) is 0. The van der Waals surface area contributed by atoms with Gasteiger partial charge < -0.3 is 14.9 Å². The van der Waals surface area contributed by atoms with Crippen molar-refractivity contribution in [2.75, 3.05) is 0 Å². The van der Waals surface area contributed by atoms with E-state index in [4.69, 9.17) is 10.2 Å². The van der Waals surface area contributed by atoms with Gasteiger partial charge >= 0.3 is 17.9 Å². The molecule has 2 N–H and O–H groups in total. The first-order valence-corrected chi connectivity index (χ1v) is 2.98. The molecular formula is C7H6O6. The number of carbonyl (C=O) groups is 3. The van der Waals surface area contributed by atoms with Gasteiger partial charge in [-0.25, -0.2) is 14.4 Å². The Morgan fingerprint density at radius 3 is 2.08 bits per heavy atom. The summed E-state index contributed by atoms with van der Waals surface area (Å²) in [5.74, 6) is -4.80. The molecule has 0 fully saturated rings. The molecule has 0 unspecified atom stereocenters. The van der Waals surface area contributed by atoms with Crippen LogP contribution in [0.3, 0.4) is 0 Å². The maximum atomic E-state index is 10.5. The second-order valence-corrected chi connectivity index (χ2v) is 1.83. The zero-order valence-electron chi connectivity index (χ0n) is 6.39. The highest BCUT2D eigenvalue weighted by Gasteiger charge is 2.10. The summed E-state index contributed by atoms with van der Waals surface area (Å²) in [5.41, 5.74) is 0. The van der Waals surface area contributed by atoms with Crippen LogP contribution in [0.2, 0.25) is 0 Å². The molecule has 0 amide bonds. The number of aliphatic carboxylic acids is 1. The molecule has 6 heteroatoms. The Bertz CT molecular complexity index is 287. The van der Waals surface area contributed by atoms with Crippen LogP contribution in [0.4, 0.5) is 0 Å². The first-order chi connectivity index (χ1) is 5.93. The van der Waals surface area contributed by atoms with Crippen LogP contribution < -0.4 is 0 Å². The van der Waals surface area contributed by atoms with Gasteiger partial charge in [-0.15, -0.1) is 0 Å². The number of carboxylic acid groups (broad SMARTS) is 1. The van der Waals surface area contributed by atoms with Crippen LogP contribution in [0.15, 0.2) is 24.5 Å². The van der Waals surface area contributed by atoms with Gasteiger partial charge in [0.2, 0.25) is 0 Å². The van der Waals surface area contributed by atoms with Crippen molar-refractivity contribution in [2.24, 2.45) is 0 Å². The van der Waals surface area contributed by atoms with Crippen molar-refractivity contribution in [1.29, 1.82) is 0 Å². The Kier molecular flexibility index (Phi) is 3.94. The molecule has 0 saturated heterocycles. The molecule has 70 valence electrons. The molecule has 0 aliphatic carbocycles. The van der Waals surface area contributed by atoms with Gasteiger partial charge in [-0.3, -0.25) is 0 Å². The lowest BCUT2D eigenvalue weighted by Crippen LogP contribution is -2.11. The largest absolute Gasteiger partial charge is 0.502 e. The van der Waals surface area contributed by atoms with Crippen molar-refractivity contribution in [3.8, 4) is 0 Å². The highest BCUT2D eigenvalue weighted by atomic mass is 16.6. The zero-order valence-corrected chi connectivity index (χ0v) is 6.39. The maximum Gasteiger partial charge on any atom is 0.380 e. The molecule has 0 radical (unpaired) electrons. The Balaban J connectivity index is 4.10. The molecule has 0 rings (SSSR count). The first kappa shape index (κ1) is 10.9. The molecule has 0 aromatic carbocycles. The van der Waals surface area contributed by atoms with Crippen LogP contribution in [0.1, 0.15) is 0 Å². The highest BCUT2D eigenvalue weighted by molar-refractivity contribution is 5.99. The monoisotopic (exact) mass is 186 g/mol. The summed E-state index contributed by atoms with van der Waals surface area (Å²) in [6.45, 7) is 2.79. The lowest BCUT2D eigenvalue weighted by molar-refractivity contribution is -0.155. The van der Waals surface area contributed by atoms with Gasteiger partial charge in [0.15, 0.2) is 5.76 Å². The van der Waals surface area contributed by atoms with Gasteiger partial charge in [0.05, 0.1) is 0 Å². The van der Waals surface area contributed by atoms with E-state index < -0.39 is 23.7 Å². The third-order valence-corrected chi connectivity index (χ3v) is 0.791. The molecule has 13 heavy (non-hydrogen) atoms. The minimum Gasteiger partial charge on any atom is -0.502 e. The molecule has 0 spiro atoms. The molecule has 0 aromatic heterocycles. The number of hydrogen-bond acceptors (Lipinski definition) is 5. The van der Waals surface area contributed by atoms with Crippen LogP contribution in [0.25, 0.3) is 0 Å². The molecule has 6 nitrogen and oxygen atoms in total. The number of ether oxygens (including phenoxy) is 1. The fourth-order valence-corrected chi connectivity index (χ4v) is 0.324. The number of rotatable bonds is 3. The third-order valence-electron chi connectivity index (χ3n) is 0.791. The molecule has 0 aliphatic heterocycles. The standard InChI is InChI=1S/C7H6O6/c1-4(8)7(12)13-6(11)3-2-5(9)10/h2-3,8H,1H2,(H,9,10)/b3-2-. The van der Waals surface area contributed by atoms with E-state index in [0.717, 1.165) is 0 Å². The lowest BCUT2D eigenvalue weighted by Gasteiger charge is -1.95. The summed E-state index contributed by atoms with van der Waals surface area (Å²) in [5, 5.41) is 16.4. The lowest BCUT2D eigenvalue weighted by atomic mass is 10.5. The third kappa shape index (κ3) is 5.19. The molecule has 0 saturated carbocycles. The van der Waals surface area contributed by atoms with Gasteiger partial charge in [-0.2, -0.15) is 0 Å². The second-order valence-electron chi connectivity index (χ2n) is 1.83. The number of aliphatic hydroxyl groups excluding tert-OH is 1. The normalized spacial score (nSPS) is 9.54. The Hall–Kier alpha value is -2.11. The van der Waals surface area contributed by atoms with Crippen molar-refractivity contribution in [3.63, 3.8) is 0 Å². The molecular weight excluding hydrogens is 180 g/mol. The second kappa shape index (κ2) is 4.70. The van der Waals surface area contributed by atoms with Crippen LogP contribution in [-0.2, 0) is 19.1 Å². The Labute approximate surface area is 72.7 Å². The van der Waals surface area contributed by atoms with E-state index in [1.807, 2.05) is 0 Å². The van der Waals surface area contributed by atoms with E-state index in [-0.39, 0.29) is 0 Å². The summed E-state index contributed by atoms with van der Waals surface area (Å²) in [6.07, 6.45) is 1.03. The summed E-state index contributed by atoms with van der Waals surface area (Å²) in [4.78, 5) is 30.8. The fourth-order valence-electron chi connectivity index (χ4n) is 0.324. The first-order valence-electron chi connectivity index (χ1n) is 2.98. The number of aliphatic hydroxyl groups is 1. The van der Waals surface area contributed by atoms with Gasteiger partial charge in [-0.1, -0.05) is 0 Å². The zero-order chi connectivity index (χ0) is 10.4. The summed E-state index contributed by atoms with van der Waals surface area (Å²) >= 11 is 0. The number of carboxylic acids is 1. The van der Waals surface area contributed by atoms with Crippen LogP contribution in [0.5, 0.6) is 0 Å². The van der Waals surface area contributed by atoms with E-state index >= 15 is 0 Å². The van der Waals surface area contributed by atoms with Crippen molar-refractivity contribution in [1.82, 2.24) is 0 Å².